The standard InChI is InChI=1S/C13H14BrFN2O2S2/c1-8(12-5-6-13(14)20-12)16-9-3-4-10(15)11(7-9)17-21(2,18)19/h3-8,16-17H,1-2H3. The third kappa shape index (κ3) is 4.69. The van der Waals surface area contributed by atoms with Crippen LogP contribution in [0.15, 0.2) is 34.1 Å². The highest BCUT2D eigenvalue weighted by atomic mass is 79.9. The Morgan fingerprint density at radius 3 is 2.57 bits per heavy atom. The Kier molecular flexibility index (Phi) is 4.90. The van der Waals surface area contributed by atoms with Gasteiger partial charge in [-0.15, -0.1) is 11.3 Å². The molecule has 1 atom stereocenters. The van der Waals surface area contributed by atoms with Crippen LogP contribution in [0.25, 0.3) is 0 Å². The van der Waals surface area contributed by atoms with E-state index in [1.54, 1.807) is 17.4 Å². The van der Waals surface area contributed by atoms with Crippen LogP contribution >= 0.6 is 27.3 Å². The largest absolute Gasteiger partial charge is 0.378 e. The molecule has 0 saturated carbocycles. The predicted molar refractivity (Wildman–Crippen MR) is 88.9 cm³/mol. The van der Waals surface area contributed by atoms with Crippen molar-refractivity contribution in [3.63, 3.8) is 0 Å². The van der Waals surface area contributed by atoms with Gasteiger partial charge >= 0.3 is 0 Å². The normalized spacial score (nSPS) is 13.0. The van der Waals surface area contributed by atoms with Crippen molar-refractivity contribution < 1.29 is 12.8 Å². The molecule has 2 N–H and O–H groups in total. The number of rotatable bonds is 5. The lowest BCUT2D eigenvalue weighted by Crippen LogP contribution is -2.12. The number of halogens is 2. The van der Waals surface area contributed by atoms with Gasteiger partial charge in [0.15, 0.2) is 0 Å². The maximum atomic E-state index is 13.6. The number of benzene rings is 1. The Hall–Kier alpha value is -1.12. The summed E-state index contributed by atoms with van der Waals surface area (Å²) in [5.41, 5.74) is 0.571. The van der Waals surface area contributed by atoms with Gasteiger partial charge in [0, 0.05) is 10.6 Å². The lowest BCUT2D eigenvalue weighted by molar-refractivity contribution is 0.604. The zero-order chi connectivity index (χ0) is 15.6. The molecule has 0 saturated heterocycles. The van der Waals surface area contributed by atoms with E-state index in [-0.39, 0.29) is 11.7 Å². The zero-order valence-electron chi connectivity index (χ0n) is 11.4. The minimum atomic E-state index is -3.52. The highest BCUT2D eigenvalue weighted by molar-refractivity contribution is 9.11. The molecule has 4 nitrogen and oxygen atoms in total. The Morgan fingerprint density at radius 2 is 2.00 bits per heavy atom. The van der Waals surface area contributed by atoms with Gasteiger partial charge in [-0.1, -0.05) is 0 Å². The molecule has 0 spiro atoms. The number of anilines is 2. The average Bonchev–Trinajstić information content (AvgIpc) is 2.78. The summed E-state index contributed by atoms with van der Waals surface area (Å²) >= 11 is 5.01. The second kappa shape index (κ2) is 6.33. The highest BCUT2D eigenvalue weighted by Crippen LogP contribution is 2.30. The summed E-state index contributed by atoms with van der Waals surface area (Å²) in [7, 11) is -3.52. The van der Waals surface area contributed by atoms with E-state index in [0.717, 1.165) is 14.9 Å². The molecule has 0 fully saturated rings. The van der Waals surface area contributed by atoms with E-state index in [2.05, 4.69) is 26.0 Å². The molecule has 114 valence electrons. The molecule has 2 aromatic rings. The van der Waals surface area contributed by atoms with E-state index in [0.29, 0.717) is 5.69 Å². The molecule has 8 heteroatoms. The number of thiophene rings is 1. The molecule has 1 unspecified atom stereocenters. The minimum Gasteiger partial charge on any atom is -0.378 e. The summed E-state index contributed by atoms with van der Waals surface area (Å²) in [4.78, 5) is 1.11. The lowest BCUT2D eigenvalue weighted by Gasteiger charge is -2.15. The fourth-order valence-corrected chi connectivity index (χ4v) is 3.76. The molecule has 1 heterocycles. The maximum absolute atomic E-state index is 13.6. The molecule has 0 aliphatic heterocycles. The number of hydrogen-bond donors (Lipinski definition) is 2. The van der Waals surface area contributed by atoms with E-state index in [1.165, 1.54) is 12.1 Å². The first kappa shape index (κ1) is 16.3. The molecule has 2 rings (SSSR count). The summed E-state index contributed by atoms with van der Waals surface area (Å²) in [5, 5.41) is 3.21. The molecular formula is C13H14BrFN2O2S2. The number of nitrogens with one attached hydrogen (secondary N) is 2. The van der Waals surface area contributed by atoms with E-state index >= 15 is 0 Å². The Balaban J connectivity index is 2.19. The molecule has 0 aliphatic rings. The van der Waals surface area contributed by atoms with Crippen LogP contribution < -0.4 is 10.0 Å². The second-order valence-corrected chi connectivity index (χ2v) is 8.82. The van der Waals surface area contributed by atoms with Crippen molar-refractivity contribution >= 4 is 48.7 Å². The molecule has 0 aliphatic carbocycles. The van der Waals surface area contributed by atoms with Gasteiger partial charge in [0.05, 0.1) is 21.8 Å². The van der Waals surface area contributed by atoms with Crippen molar-refractivity contribution in [3.8, 4) is 0 Å². The van der Waals surface area contributed by atoms with Crippen molar-refractivity contribution in [2.24, 2.45) is 0 Å². The van der Waals surface area contributed by atoms with Gasteiger partial charge in [-0.2, -0.15) is 0 Å². The first-order chi connectivity index (χ1) is 9.74. The van der Waals surface area contributed by atoms with Crippen LogP contribution in [0.1, 0.15) is 17.8 Å². The van der Waals surface area contributed by atoms with Gasteiger partial charge in [-0.3, -0.25) is 4.72 Å². The van der Waals surface area contributed by atoms with Gasteiger partial charge < -0.3 is 5.32 Å². The Labute approximate surface area is 135 Å². The van der Waals surface area contributed by atoms with Crippen molar-refractivity contribution in [2.45, 2.75) is 13.0 Å². The fourth-order valence-electron chi connectivity index (χ4n) is 1.78. The summed E-state index contributed by atoms with van der Waals surface area (Å²) in [6, 6.07) is 8.22. The van der Waals surface area contributed by atoms with Crippen LogP contribution in [0.3, 0.4) is 0 Å². The topological polar surface area (TPSA) is 58.2 Å². The monoisotopic (exact) mass is 392 g/mol. The van der Waals surface area contributed by atoms with E-state index < -0.39 is 15.8 Å². The minimum absolute atomic E-state index is 0.0258. The highest BCUT2D eigenvalue weighted by Gasteiger charge is 2.11. The van der Waals surface area contributed by atoms with Gasteiger partial charge in [-0.05, 0) is 53.2 Å². The van der Waals surface area contributed by atoms with Crippen molar-refractivity contribution in [1.82, 2.24) is 0 Å². The molecule has 21 heavy (non-hydrogen) atoms. The smallest absolute Gasteiger partial charge is 0.229 e. The van der Waals surface area contributed by atoms with Crippen LogP contribution in [0.5, 0.6) is 0 Å². The number of sulfonamides is 1. The molecule has 0 bridgehead atoms. The number of hydrogen-bond acceptors (Lipinski definition) is 4. The average molecular weight is 393 g/mol. The first-order valence-corrected chi connectivity index (χ1v) is 9.54. The zero-order valence-corrected chi connectivity index (χ0v) is 14.6. The third-order valence-corrected chi connectivity index (χ3v) is 5.06. The molecular weight excluding hydrogens is 379 g/mol. The van der Waals surface area contributed by atoms with Crippen LogP contribution in [-0.2, 0) is 10.0 Å². The van der Waals surface area contributed by atoms with Crippen LogP contribution in [0.4, 0.5) is 15.8 Å². The lowest BCUT2D eigenvalue weighted by atomic mass is 10.2. The summed E-state index contributed by atoms with van der Waals surface area (Å²) in [5.74, 6) is -0.613. The Bertz CT molecular complexity index is 746. The fraction of sp³-hybridized carbons (Fsp3) is 0.231. The van der Waals surface area contributed by atoms with E-state index in [9.17, 15) is 12.8 Å². The predicted octanol–water partition coefficient (Wildman–Crippen LogP) is 4.19. The SMILES string of the molecule is CC(Nc1ccc(F)c(NS(C)(=O)=O)c1)c1ccc(Br)s1. The molecule has 0 radical (unpaired) electrons. The van der Waals surface area contributed by atoms with Crippen LogP contribution in [0, 0.1) is 5.82 Å². The Morgan fingerprint density at radius 1 is 1.29 bits per heavy atom. The molecule has 1 aromatic heterocycles. The van der Waals surface area contributed by atoms with E-state index in [1.807, 2.05) is 19.1 Å². The molecule has 0 amide bonds. The van der Waals surface area contributed by atoms with Crippen molar-refractivity contribution in [3.05, 3.63) is 44.8 Å². The summed E-state index contributed by atoms with van der Waals surface area (Å²) in [6.45, 7) is 1.98. The summed E-state index contributed by atoms with van der Waals surface area (Å²) in [6.07, 6.45) is 0.984. The van der Waals surface area contributed by atoms with Crippen LogP contribution in [0.2, 0.25) is 0 Å². The van der Waals surface area contributed by atoms with Crippen LogP contribution in [-0.4, -0.2) is 14.7 Å². The van der Waals surface area contributed by atoms with Gasteiger partial charge in [-0.25, -0.2) is 12.8 Å². The summed E-state index contributed by atoms with van der Waals surface area (Å²) < 4.78 is 39.2. The van der Waals surface area contributed by atoms with Crippen molar-refractivity contribution in [2.75, 3.05) is 16.3 Å². The first-order valence-electron chi connectivity index (χ1n) is 6.04. The molecule has 1 aromatic carbocycles. The van der Waals surface area contributed by atoms with E-state index in [4.69, 9.17) is 0 Å². The second-order valence-electron chi connectivity index (χ2n) is 4.58. The van der Waals surface area contributed by atoms with Gasteiger partial charge in [0.25, 0.3) is 0 Å². The van der Waals surface area contributed by atoms with Gasteiger partial charge in [0.2, 0.25) is 10.0 Å². The quantitative estimate of drug-likeness (QED) is 0.801. The third-order valence-electron chi connectivity index (χ3n) is 2.67. The van der Waals surface area contributed by atoms with Gasteiger partial charge in [0.1, 0.15) is 5.82 Å². The maximum Gasteiger partial charge on any atom is 0.229 e. The van der Waals surface area contributed by atoms with Crippen molar-refractivity contribution in [1.29, 1.82) is 0 Å².